The highest BCUT2D eigenvalue weighted by Gasteiger charge is 2.23. The van der Waals surface area contributed by atoms with Crippen LogP contribution in [0.1, 0.15) is 34.4 Å². The van der Waals surface area contributed by atoms with E-state index in [1.165, 1.54) is 16.0 Å². The minimum absolute atomic E-state index is 0.0123. The highest BCUT2D eigenvalue weighted by atomic mass is 35.5. The van der Waals surface area contributed by atoms with Gasteiger partial charge in [-0.2, -0.15) is 5.10 Å². The van der Waals surface area contributed by atoms with Crippen molar-refractivity contribution >= 4 is 34.0 Å². The van der Waals surface area contributed by atoms with Crippen LogP contribution in [-0.2, 0) is 11.8 Å². The number of rotatable bonds is 4. The number of nitrogens with zero attached hydrogens (tertiary/aromatic N) is 4. The summed E-state index contributed by atoms with van der Waals surface area (Å²) in [5, 5.41) is 17.2. The second kappa shape index (κ2) is 7.14. The molecule has 1 aliphatic rings. The summed E-state index contributed by atoms with van der Waals surface area (Å²) in [6.07, 6.45) is 1.94. The Morgan fingerprint density at radius 2 is 2.23 bits per heavy atom. The van der Waals surface area contributed by atoms with Crippen LogP contribution in [0.25, 0.3) is 11.3 Å². The lowest BCUT2D eigenvalue weighted by molar-refractivity contribution is 0.101. The van der Waals surface area contributed by atoms with Crippen molar-refractivity contribution in [2.75, 3.05) is 11.9 Å². The Hall–Kier alpha value is -2.29. The molecular formula is C17H16ClN5O2S. The van der Waals surface area contributed by atoms with Crippen LogP contribution in [0.5, 0.6) is 0 Å². The van der Waals surface area contributed by atoms with E-state index in [0.717, 1.165) is 30.0 Å². The quantitative estimate of drug-likeness (QED) is 0.735. The maximum Gasteiger partial charge on any atom is 0.275 e. The number of benzene rings is 1. The van der Waals surface area contributed by atoms with Crippen molar-refractivity contribution in [3.63, 3.8) is 0 Å². The first-order valence-corrected chi connectivity index (χ1v) is 9.36. The average molecular weight is 390 g/mol. The number of aromatic nitrogens is 4. The SMILES string of the molecule is Cn1nc(-c2ccccc2Cl)cc1C(=O)Nc1nnc([C@H]2CCCO2)s1. The van der Waals surface area contributed by atoms with E-state index in [4.69, 9.17) is 16.3 Å². The molecule has 0 saturated carbocycles. The molecule has 4 rings (SSSR count). The largest absolute Gasteiger partial charge is 0.371 e. The molecule has 0 aliphatic carbocycles. The van der Waals surface area contributed by atoms with Crippen molar-refractivity contribution in [2.24, 2.45) is 7.05 Å². The van der Waals surface area contributed by atoms with Gasteiger partial charge in [-0.15, -0.1) is 10.2 Å². The van der Waals surface area contributed by atoms with Crippen LogP contribution >= 0.6 is 22.9 Å². The van der Waals surface area contributed by atoms with Crippen LogP contribution in [-0.4, -0.2) is 32.5 Å². The maximum absolute atomic E-state index is 12.6. The minimum Gasteiger partial charge on any atom is -0.371 e. The summed E-state index contributed by atoms with van der Waals surface area (Å²) >= 11 is 7.55. The zero-order chi connectivity index (χ0) is 18.1. The molecule has 1 aliphatic heterocycles. The fraction of sp³-hybridized carbons (Fsp3) is 0.294. The third-order valence-corrected chi connectivity index (χ3v) is 5.39. The Labute approximate surface area is 159 Å². The van der Waals surface area contributed by atoms with Gasteiger partial charge in [-0.1, -0.05) is 41.1 Å². The third kappa shape index (κ3) is 3.35. The molecule has 134 valence electrons. The lowest BCUT2D eigenvalue weighted by Gasteiger charge is -2.02. The Balaban J connectivity index is 1.53. The summed E-state index contributed by atoms with van der Waals surface area (Å²) in [6, 6.07) is 9.09. The molecule has 26 heavy (non-hydrogen) atoms. The zero-order valence-corrected chi connectivity index (χ0v) is 15.5. The van der Waals surface area contributed by atoms with E-state index in [9.17, 15) is 4.79 Å². The molecule has 1 N–H and O–H groups in total. The molecule has 1 fully saturated rings. The van der Waals surface area contributed by atoms with Gasteiger partial charge in [-0.05, 0) is 25.0 Å². The highest BCUT2D eigenvalue weighted by Crippen LogP contribution is 2.32. The highest BCUT2D eigenvalue weighted by molar-refractivity contribution is 7.15. The zero-order valence-electron chi connectivity index (χ0n) is 14.0. The number of hydrogen-bond donors (Lipinski definition) is 1. The summed E-state index contributed by atoms with van der Waals surface area (Å²) in [5.74, 6) is -0.298. The molecule has 0 unspecified atom stereocenters. The molecule has 3 aromatic rings. The fourth-order valence-electron chi connectivity index (χ4n) is 2.83. The number of amides is 1. The van der Waals surface area contributed by atoms with E-state index in [2.05, 4.69) is 20.6 Å². The number of nitrogens with one attached hydrogen (secondary N) is 1. The van der Waals surface area contributed by atoms with Gasteiger partial charge in [0, 0.05) is 19.2 Å². The molecule has 1 atom stereocenters. The van der Waals surface area contributed by atoms with Gasteiger partial charge in [0.15, 0.2) is 0 Å². The monoisotopic (exact) mass is 389 g/mol. The number of ether oxygens (including phenoxy) is 1. The van der Waals surface area contributed by atoms with E-state index in [1.54, 1.807) is 19.2 Å². The Morgan fingerprint density at radius 1 is 1.38 bits per heavy atom. The molecule has 2 aromatic heterocycles. The fourth-order valence-corrected chi connectivity index (χ4v) is 3.88. The van der Waals surface area contributed by atoms with Crippen molar-refractivity contribution in [1.82, 2.24) is 20.0 Å². The minimum atomic E-state index is -0.298. The van der Waals surface area contributed by atoms with Gasteiger partial charge >= 0.3 is 0 Å². The number of hydrogen-bond acceptors (Lipinski definition) is 6. The lowest BCUT2D eigenvalue weighted by Crippen LogP contribution is -2.15. The van der Waals surface area contributed by atoms with Gasteiger partial charge in [-0.25, -0.2) is 0 Å². The van der Waals surface area contributed by atoms with Crippen molar-refractivity contribution in [3.8, 4) is 11.3 Å². The Kier molecular flexibility index (Phi) is 4.71. The molecular weight excluding hydrogens is 374 g/mol. The van der Waals surface area contributed by atoms with Gasteiger partial charge in [0.25, 0.3) is 5.91 Å². The van der Waals surface area contributed by atoms with Crippen LogP contribution < -0.4 is 5.32 Å². The number of aryl methyl sites for hydroxylation is 1. The molecule has 9 heteroatoms. The Bertz CT molecular complexity index is 948. The second-order valence-electron chi connectivity index (χ2n) is 5.92. The molecule has 0 bridgehead atoms. The maximum atomic E-state index is 12.6. The molecule has 1 aromatic carbocycles. The van der Waals surface area contributed by atoms with Crippen LogP contribution in [0.4, 0.5) is 5.13 Å². The first-order valence-electron chi connectivity index (χ1n) is 8.17. The number of carbonyl (C=O) groups excluding carboxylic acids is 1. The topological polar surface area (TPSA) is 81.9 Å². The molecule has 1 saturated heterocycles. The third-order valence-electron chi connectivity index (χ3n) is 4.13. The first-order chi connectivity index (χ1) is 12.6. The summed E-state index contributed by atoms with van der Waals surface area (Å²) in [7, 11) is 1.72. The number of carbonyl (C=O) groups is 1. The van der Waals surface area contributed by atoms with Gasteiger partial charge in [0.2, 0.25) is 5.13 Å². The molecule has 0 spiro atoms. The Morgan fingerprint density at radius 3 is 3.00 bits per heavy atom. The van der Waals surface area contributed by atoms with E-state index in [1.807, 2.05) is 18.2 Å². The predicted octanol–water partition coefficient (Wildman–Crippen LogP) is 3.70. The molecule has 7 nitrogen and oxygen atoms in total. The smallest absolute Gasteiger partial charge is 0.275 e. The van der Waals surface area contributed by atoms with Gasteiger partial charge in [0.05, 0.1) is 10.7 Å². The summed E-state index contributed by atoms with van der Waals surface area (Å²) in [4.78, 5) is 12.6. The summed E-state index contributed by atoms with van der Waals surface area (Å²) in [6.45, 7) is 0.742. The molecule has 3 heterocycles. The number of anilines is 1. The molecule has 1 amide bonds. The first kappa shape index (κ1) is 17.1. The lowest BCUT2D eigenvalue weighted by atomic mass is 10.1. The van der Waals surface area contributed by atoms with Gasteiger partial charge in [-0.3, -0.25) is 14.8 Å². The van der Waals surface area contributed by atoms with Crippen LogP contribution in [0.3, 0.4) is 0 Å². The molecule has 0 radical (unpaired) electrons. The van der Waals surface area contributed by atoms with Crippen LogP contribution in [0, 0.1) is 0 Å². The second-order valence-corrected chi connectivity index (χ2v) is 7.34. The van der Waals surface area contributed by atoms with Crippen LogP contribution in [0.15, 0.2) is 30.3 Å². The van der Waals surface area contributed by atoms with Crippen molar-refractivity contribution in [1.29, 1.82) is 0 Å². The van der Waals surface area contributed by atoms with Crippen LogP contribution in [0.2, 0.25) is 5.02 Å². The van der Waals surface area contributed by atoms with E-state index >= 15 is 0 Å². The van der Waals surface area contributed by atoms with Gasteiger partial charge in [0.1, 0.15) is 16.8 Å². The predicted molar refractivity (Wildman–Crippen MR) is 99.4 cm³/mol. The van der Waals surface area contributed by atoms with Crippen molar-refractivity contribution in [3.05, 3.63) is 46.1 Å². The summed E-state index contributed by atoms with van der Waals surface area (Å²) in [5.41, 5.74) is 1.83. The standard InChI is InChI=1S/C17H16ClN5O2S/c1-23-13(9-12(22-23)10-5-2-3-6-11(10)18)15(24)19-17-21-20-16(26-17)14-7-4-8-25-14/h2-3,5-6,9,14H,4,7-8H2,1H3,(H,19,21,24)/t14-/m1/s1. The van der Waals surface area contributed by atoms with E-state index in [0.29, 0.717) is 21.5 Å². The average Bonchev–Trinajstić information content (AvgIpc) is 3.35. The summed E-state index contributed by atoms with van der Waals surface area (Å²) < 4.78 is 7.12. The van der Waals surface area contributed by atoms with Crippen molar-refractivity contribution in [2.45, 2.75) is 18.9 Å². The van der Waals surface area contributed by atoms with E-state index in [-0.39, 0.29) is 12.0 Å². The number of halogens is 1. The van der Waals surface area contributed by atoms with E-state index < -0.39 is 0 Å². The van der Waals surface area contributed by atoms with Gasteiger partial charge < -0.3 is 4.74 Å². The van der Waals surface area contributed by atoms with Crippen molar-refractivity contribution < 1.29 is 9.53 Å². The normalized spacial score (nSPS) is 16.8.